The molecular formula is C11H16N4O2. The summed E-state index contributed by atoms with van der Waals surface area (Å²) in [6, 6.07) is 1.81. The van der Waals surface area contributed by atoms with Crippen molar-refractivity contribution in [3.05, 3.63) is 12.3 Å². The van der Waals surface area contributed by atoms with Gasteiger partial charge < -0.3 is 15.7 Å². The second kappa shape index (κ2) is 4.99. The van der Waals surface area contributed by atoms with Crippen LogP contribution in [0, 0.1) is 5.92 Å². The largest absolute Gasteiger partial charge is 0.481 e. The number of anilines is 2. The second-order valence-corrected chi connectivity index (χ2v) is 4.33. The topological polar surface area (TPSA) is 92.3 Å². The van der Waals surface area contributed by atoms with Crippen LogP contribution in [0.25, 0.3) is 0 Å². The van der Waals surface area contributed by atoms with Gasteiger partial charge in [-0.25, -0.2) is 4.98 Å². The van der Waals surface area contributed by atoms with Gasteiger partial charge in [0.05, 0.1) is 0 Å². The third-order valence-corrected chi connectivity index (χ3v) is 2.97. The molecule has 6 heteroatoms. The van der Waals surface area contributed by atoms with Crippen LogP contribution in [0.5, 0.6) is 0 Å². The molecule has 0 bridgehead atoms. The molecule has 0 saturated carbocycles. The quantitative estimate of drug-likeness (QED) is 0.804. The van der Waals surface area contributed by atoms with Crippen molar-refractivity contribution >= 4 is 17.7 Å². The average Bonchev–Trinajstić information content (AvgIpc) is 2.28. The van der Waals surface area contributed by atoms with E-state index in [0.29, 0.717) is 0 Å². The van der Waals surface area contributed by atoms with Crippen molar-refractivity contribution in [2.75, 3.05) is 23.7 Å². The van der Waals surface area contributed by atoms with Crippen molar-refractivity contribution in [2.24, 2.45) is 5.92 Å². The number of rotatable bonds is 3. The summed E-state index contributed by atoms with van der Waals surface area (Å²) in [5.74, 6) is 0.493. The number of nitrogens with zero attached hydrogens (tertiary/aromatic N) is 3. The first-order valence-corrected chi connectivity index (χ1v) is 5.70. The molecule has 17 heavy (non-hydrogen) atoms. The lowest BCUT2D eigenvalue weighted by Crippen LogP contribution is -2.36. The molecule has 1 aromatic rings. The summed E-state index contributed by atoms with van der Waals surface area (Å²) in [5.41, 5.74) is 5.54. The minimum absolute atomic E-state index is 0.192. The maximum atomic E-state index is 10.7. The molecule has 1 aromatic heterocycles. The summed E-state index contributed by atoms with van der Waals surface area (Å²) >= 11 is 0. The molecule has 1 aliphatic rings. The van der Waals surface area contributed by atoms with Crippen LogP contribution in [0.15, 0.2) is 12.3 Å². The van der Waals surface area contributed by atoms with Crippen molar-refractivity contribution in [1.29, 1.82) is 0 Å². The minimum atomic E-state index is -0.737. The highest BCUT2D eigenvalue weighted by Gasteiger charge is 2.22. The third kappa shape index (κ3) is 3.05. The summed E-state index contributed by atoms with van der Waals surface area (Å²) in [6.07, 6.45) is 3.79. The van der Waals surface area contributed by atoms with Crippen LogP contribution >= 0.6 is 0 Å². The molecule has 3 N–H and O–H groups in total. The van der Waals surface area contributed by atoms with E-state index in [9.17, 15) is 4.79 Å². The number of aromatic nitrogens is 2. The molecule has 2 heterocycles. The van der Waals surface area contributed by atoms with Gasteiger partial charge in [-0.3, -0.25) is 4.79 Å². The van der Waals surface area contributed by atoms with E-state index in [4.69, 9.17) is 10.8 Å². The molecule has 0 aliphatic carbocycles. The van der Waals surface area contributed by atoms with Gasteiger partial charge >= 0.3 is 5.97 Å². The number of carboxylic acid groups (broad SMARTS) is 1. The van der Waals surface area contributed by atoms with Crippen molar-refractivity contribution in [2.45, 2.75) is 19.3 Å². The molecule has 1 atom stereocenters. The summed E-state index contributed by atoms with van der Waals surface area (Å²) in [4.78, 5) is 20.8. The molecule has 1 fully saturated rings. The third-order valence-electron chi connectivity index (χ3n) is 2.97. The van der Waals surface area contributed by atoms with E-state index in [2.05, 4.69) is 14.9 Å². The Bertz CT molecular complexity index is 410. The van der Waals surface area contributed by atoms with Crippen LogP contribution < -0.4 is 10.6 Å². The van der Waals surface area contributed by atoms with Gasteiger partial charge in [0.2, 0.25) is 5.95 Å². The predicted molar refractivity (Wildman–Crippen MR) is 63.6 cm³/mol. The number of nitrogens with two attached hydrogens (primary N) is 1. The van der Waals surface area contributed by atoms with Crippen molar-refractivity contribution < 1.29 is 9.90 Å². The molecule has 0 aromatic carbocycles. The predicted octanol–water partition coefficient (Wildman–Crippen LogP) is 0.750. The molecule has 92 valence electrons. The highest BCUT2D eigenvalue weighted by molar-refractivity contribution is 5.67. The summed E-state index contributed by atoms with van der Waals surface area (Å²) in [5, 5.41) is 8.80. The molecular weight excluding hydrogens is 220 g/mol. The number of carboxylic acids is 1. The van der Waals surface area contributed by atoms with E-state index in [1.54, 1.807) is 12.3 Å². The highest BCUT2D eigenvalue weighted by atomic mass is 16.4. The number of aliphatic carboxylic acids is 1. The van der Waals surface area contributed by atoms with Gasteiger partial charge in [0.25, 0.3) is 0 Å². The summed E-state index contributed by atoms with van der Waals surface area (Å²) in [6.45, 7) is 1.62. The van der Waals surface area contributed by atoms with Gasteiger partial charge in [0.1, 0.15) is 5.82 Å². The number of hydrogen-bond donors (Lipinski definition) is 2. The van der Waals surface area contributed by atoms with Crippen LogP contribution in [0.2, 0.25) is 0 Å². The Balaban J connectivity index is 2.04. The Morgan fingerprint density at radius 3 is 3.18 bits per heavy atom. The lowest BCUT2D eigenvalue weighted by molar-refractivity contribution is -0.138. The first-order valence-electron chi connectivity index (χ1n) is 5.70. The Kier molecular flexibility index (Phi) is 3.41. The maximum absolute atomic E-state index is 10.7. The fraction of sp³-hybridized carbons (Fsp3) is 0.545. The standard InChI is InChI=1S/C11H16N4O2/c12-11-13-4-3-9(14-11)15-5-1-2-8(7-15)6-10(16)17/h3-4,8H,1-2,5-7H2,(H,16,17)(H2,12,13,14)/t8-/m0/s1. The van der Waals surface area contributed by atoms with E-state index >= 15 is 0 Å². The molecule has 0 unspecified atom stereocenters. The van der Waals surface area contributed by atoms with Gasteiger partial charge in [0.15, 0.2) is 0 Å². The molecule has 0 spiro atoms. The van der Waals surface area contributed by atoms with E-state index in [0.717, 1.165) is 31.7 Å². The first-order chi connectivity index (χ1) is 8.15. The lowest BCUT2D eigenvalue weighted by Gasteiger charge is -2.32. The number of piperidine rings is 1. The van der Waals surface area contributed by atoms with Crippen LogP contribution in [0.3, 0.4) is 0 Å². The average molecular weight is 236 g/mol. The Morgan fingerprint density at radius 1 is 1.65 bits per heavy atom. The van der Waals surface area contributed by atoms with E-state index < -0.39 is 5.97 Å². The number of nitrogen functional groups attached to an aromatic ring is 1. The molecule has 0 amide bonds. The van der Waals surface area contributed by atoms with Crippen molar-refractivity contribution in [3.63, 3.8) is 0 Å². The SMILES string of the molecule is Nc1nccc(N2CCC[C@@H](CC(=O)O)C2)n1. The molecule has 0 radical (unpaired) electrons. The van der Waals surface area contributed by atoms with Gasteiger partial charge in [-0.05, 0) is 24.8 Å². The zero-order valence-electron chi connectivity index (χ0n) is 9.54. The fourth-order valence-electron chi connectivity index (χ4n) is 2.23. The Morgan fingerprint density at radius 2 is 2.47 bits per heavy atom. The zero-order chi connectivity index (χ0) is 12.3. The zero-order valence-corrected chi connectivity index (χ0v) is 9.54. The summed E-state index contributed by atoms with van der Waals surface area (Å²) in [7, 11) is 0. The maximum Gasteiger partial charge on any atom is 0.303 e. The first kappa shape index (κ1) is 11.6. The monoisotopic (exact) mass is 236 g/mol. The molecule has 2 rings (SSSR count). The van der Waals surface area contributed by atoms with E-state index in [-0.39, 0.29) is 18.3 Å². The highest BCUT2D eigenvalue weighted by Crippen LogP contribution is 2.23. The van der Waals surface area contributed by atoms with Crippen LogP contribution in [-0.2, 0) is 4.79 Å². The second-order valence-electron chi connectivity index (χ2n) is 4.33. The van der Waals surface area contributed by atoms with Gasteiger partial charge in [0, 0.05) is 25.7 Å². The fourth-order valence-corrected chi connectivity index (χ4v) is 2.23. The normalized spacial score (nSPS) is 20.2. The van der Waals surface area contributed by atoms with Crippen LogP contribution in [0.1, 0.15) is 19.3 Å². The van der Waals surface area contributed by atoms with Crippen LogP contribution in [0.4, 0.5) is 11.8 Å². The smallest absolute Gasteiger partial charge is 0.303 e. The van der Waals surface area contributed by atoms with Crippen molar-refractivity contribution in [3.8, 4) is 0 Å². The Labute approximate surface area is 99.5 Å². The van der Waals surface area contributed by atoms with Gasteiger partial charge in [-0.15, -0.1) is 0 Å². The molecule has 1 saturated heterocycles. The minimum Gasteiger partial charge on any atom is -0.481 e. The van der Waals surface area contributed by atoms with Crippen molar-refractivity contribution in [1.82, 2.24) is 9.97 Å². The van der Waals surface area contributed by atoms with Gasteiger partial charge in [-0.1, -0.05) is 0 Å². The van der Waals surface area contributed by atoms with Crippen LogP contribution in [-0.4, -0.2) is 34.1 Å². The molecule has 1 aliphatic heterocycles. The van der Waals surface area contributed by atoms with Gasteiger partial charge in [-0.2, -0.15) is 4.98 Å². The summed E-state index contributed by atoms with van der Waals surface area (Å²) < 4.78 is 0. The van der Waals surface area contributed by atoms with E-state index in [1.807, 2.05) is 0 Å². The Hall–Kier alpha value is -1.85. The molecule has 6 nitrogen and oxygen atoms in total. The number of hydrogen-bond acceptors (Lipinski definition) is 5. The van der Waals surface area contributed by atoms with E-state index in [1.165, 1.54) is 0 Å². The number of carbonyl (C=O) groups is 1. The lowest BCUT2D eigenvalue weighted by atomic mass is 9.95.